The van der Waals surface area contributed by atoms with E-state index < -0.39 is 18.0 Å². The number of imide groups is 1. The number of benzene rings is 2. The van der Waals surface area contributed by atoms with E-state index in [0.717, 1.165) is 16.2 Å². The summed E-state index contributed by atoms with van der Waals surface area (Å²) in [6.45, 7) is 0.377. The fourth-order valence-electron chi connectivity index (χ4n) is 3.23. The molecule has 1 aliphatic rings. The summed E-state index contributed by atoms with van der Waals surface area (Å²) in [7, 11) is 4.62. The molecule has 1 atom stereocenters. The molecule has 0 bridgehead atoms. The number of carbonyl (C=O) groups is 3. The Hall–Kier alpha value is -3.75. The molecular formula is C22H25N3O6. The minimum absolute atomic E-state index is 0.0645. The fraction of sp³-hybridized carbons (Fsp3) is 0.318. The third-order valence-electron chi connectivity index (χ3n) is 4.93. The lowest BCUT2D eigenvalue weighted by atomic mass is 10.1. The topological polar surface area (TPSA) is 106 Å². The minimum atomic E-state index is -0.900. The maximum Gasteiger partial charge on any atom is 0.325 e. The molecule has 1 fully saturated rings. The Labute approximate surface area is 180 Å². The molecule has 0 aliphatic carbocycles. The lowest BCUT2D eigenvalue weighted by molar-refractivity contribution is -0.131. The summed E-state index contributed by atoms with van der Waals surface area (Å²) in [5, 5.41) is 5.33. The van der Waals surface area contributed by atoms with Gasteiger partial charge in [-0.25, -0.2) is 4.79 Å². The van der Waals surface area contributed by atoms with Gasteiger partial charge >= 0.3 is 6.03 Å². The monoisotopic (exact) mass is 427 g/mol. The molecular weight excluding hydrogens is 402 g/mol. The first kappa shape index (κ1) is 21.9. The summed E-state index contributed by atoms with van der Waals surface area (Å²) in [5.74, 6) is 1.00. The molecule has 1 saturated heterocycles. The van der Waals surface area contributed by atoms with Crippen LogP contribution in [0.4, 0.5) is 4.79 Å². The zero-order valence-electron chi connectivity index (χ0n) is 17.6. The number of urea groups is 1. The highest BCUT2D eigenvalue weighted by Gasteiger charge is 2.39. The average molecular weight is 427 g/mol. The van der Waals surface area contributed by atoms with Crippen LogP contribution in [-0.4, -0.2) is 50.1 Å². The van der Waals surface area contributed by atoms with Crippen LogP contribution in [0, 0.1) is 0 Å². The molecule has 1 aliphatic heterocycles. The lowest BCUT2D eigenvalue weighted by Crippen LogP contribution is -2.36. The van der Waals surface area contributed by atoms with Crippen LogP contribution >= 0.6 is 0 Å². The second kappa shape index (κ2) is 9.84. The maximum atomic E-state index is 12.7. The summed E-state index contributed by atoms with van der Waals surface area (Å²) in [6.07, 6.45) is -0.136. The molecule has 3 rings (SSSR count). The first-order chi connectivity index (χ1) is 14.9. The Kier molecular flexibility index (Phi) is 6.96. The van der Waals surface area contributed by atoms with Crippen molar-refractivity contribution in [2.24, 2.45) is 0 Å². The molecule has 1 heterocycles. The molecule has 2 N–H and O–H groups in total. The van der Waals surface area contributed by atoms with Gasteiger partial charge in [-0.05, 0) is 35.4 Å². The highest BCUT2D eigenvalue weighted by Crippen LogP contribution is 2.28. The highest BCUT2D eigenvalue weighted by atomic mass is 16.5. The molecule has 9 nitrogen and oxygen atoms in total. The first-order valence-corrected chi connectivity index (χ1v) is 9.67. The van der Waals surface area contributed by atoms with Crippen LogP contribution in [0.25, 0.3) is 0 Å². The molecule has 0 aromatic heterocycles. The normalized spacial score (nSPS) is 15.5. The minimum Gasteiger partial charge on any atom is -0.497 e. The number of rotatable bonds is 9. The van der Waals surface area contributed by atoms with Crippen molar-refractivity contribution >= 4 is 17.8 Å². The zero-order chi connectivity index (χ0) is 22.4. The Morgan fingerprint density at radius 3 is 2.29 bits per heavy atom. The Bertz CT molecular complexity index is 960. The van der Waals surface area contributed by atoms with Crippen molar-refractivity contribution in [3.63, 3.8) is 0 Å². The van der Waals surface area contributed by atoms with E-state index in [-0.39, 0.29) is 18.9 Å². The van der Waals surface area contributed by atoms with E-state index >= 15 is 0 Å². The van der Waals surface area contributed by atoms with Gasteiger partial charge in [0.1, 0.15) is 11.8 Å². The number of ether oxygens (including phenoxy) is 3. The number of amides is 4. The van der Waals surface area contributed by atoms with Crippen molar-refractivity contribution in [3.8, 4) is 17.2 Å². The fourth-order valence-corrected chi connectivity index (χ4v) is 3.23. The number of hydrogen-bond donors (Lipinski definition) is 2. The molecule has 31 heavy (non-hydrogen) atoms. The van der Waals surface area contributed by atoms with E-state index in [9.17, 15) is 14.4 Å². The summed E-state index contributed by atoms with van der Waals surface area (Å²) < 4.78 is 15.6. The van der Waals surface area contributed by atoms with Gasteiger partial charge in [-0.15, -0.1) is 0 Å². The number of nitrogens with zero attached hydrogens (tertiary/aromatic N) is 1. The number of methoxy groups -OCH3 is 3. The van der Waals surface area contributed by atoms with E-state index in [4.69, 9.17) is 14.2 Å². The number of carbonyl (C=O) groups excluding carboxylic acids is 3. The third kappa shape index (κ3) is 5.25. The van der Waals surface area contributed by atoms with Crippen molar-refractivity contribution in [1.82, 2.24) is 15.5 Å². The van der Waals surface area contributed by atoms with Gasteiger partial charge in [0.15, 0.2) is 11.5 Å². The van der Waals surface area contributed by atoms with Crippen LogP contribution < -0.4 is 24.8 Å². The molecule has 4 amide bonds. The van der Waals surface area contributed by atoms with E-state index in [0.29, 0.717) is 23.6 Å². The van der Waals surface area contributed by atoms with Gasteiger partial charge in [0.05, 0.1) is 34.3 Å². The summed E-state index contributed by atoms with van der Waals surface area (Å²) >= 11 is 0. The van der Waals surface area contributed by atoms with Crippen LogP contribution in [0.2, 0.25) is 0 Å². The van der Waals surface area contributed by atoms with E-state index in [1.807, 2.05) is 12.1 Å². The molecule has 0 spiro atoms. The number of hydrogen-bond acceptors (Lipinski definition) is 6. The quantitative estimate of drug-likeness (QED) is 0.592. The molecule has 0 unspecified atom stereocenters. The van der Waals surface area contributed by atoms with Gasteiger partial charge in [0.2, 0.25) is 5.91 Å². The Balaban J connectivity index is 1.56. The SMILES string of the molecule is COc1ccc(CNC(=O)C[C@@H]2NC(=O)N(Cc3ccc(OC)c(OC)c3)C2=O)cc1. The van der Waals surface area contributed by atoms with Crippen molar-refractivity contribution in [2.45, 2.75) is 25.6 Å². The smallest absolute Gasteiger partial charge is 0.325 e. The van der Waals surface area contributed by atoms with Crippen molar-refractivity contribution < 1.29 is 28.6 Å². The van der Waals surface area contributed by atoms with Crippen LogP contribution in [0.5, 0.6) is 17.2 Å². The predicted octanol–water partition coefficient (Wildman–Crippen LogP) is 1.84. The van der Waals surface area contributed by atoms with E-state index in [1.54, 1.807) is 37.4 Å². The molecule has 9 heteroatoms. The largest absolute Gasteiger partial charge is 0.497 e. The molecule has 0 radical (unpaired) electrons. The number of nitrogens with one attached hydrogen (secondary N) is 2. The van der Waals surface area contributed by atoms with Crippen molar-refractivity contribution in [3.05, 3.63) is 53.6 Å². The van der Waals surface area contributed by atoms with E-state index in [2.05, 4.69) is 10.6 Å². The van der Waals surface area contributed by atoms with E-state index in [1.165, 1.54) is 14.2 Å². The average Bonchev–Trinajstić information content (AvgIpc) is 3.05. The summed E-state index contributed by atoms with van der Waals surface area (Å²) in [4.78, 5) is 38.3. The van der Waals surface area contributed by atoms with Gasteiger partial charge in [-0.2, -0.15) is 0 Å². The van der Waals surface area contributed by atoms with Gasteiger partial charge in [0.25, 0.3) is 5.91 Å². The molecule has 2 aromatic rings. The van der Waals surface area contributed by atoms with Gasteiger partial charge in [-0.3, -0.25) is 14.5 Å². The first-order valence-electron chi connectivity index (χ1n) is 9.67. The van der Waals surface area contributed by atoms with Gasteiger partial charge in [-0.1, -0.05) is 18.2 Å². The Morgan fingerprint density at radius 2 is 1.65 bits per heavy atom. The van der Waals surface area contributed by atoms with Crippen molar-refractivity contribution in [2.75, 3.05) is 21.3 Å². The lowest BCUT2D eigenvalue weighted by Gasteiger charge is -2.15. The zero-order valence-corrected chi connectivity index (χ0v) is 17.6. The van der Waals surface area contributed by atoms with Crippen LogP contribution in [0.1, 0.15) is 17.5 Å². The molecule has 2 aromatic carbocycles. The summed E-state index contributed by atoms with van der Waals surface area (Å²) in [5.41, 5.74) is 1.59. The molecule has 164 valence electrons. The second-order valence-corrected chi connectivity index (χ2v) is 6.94. The predicted molar refractivity (Wildman–Crippen MR) is 112 cm³/mol. The third-order valence-corrected chi connectivity index (χ3v) is 4.93. The van der Waals surface area contributed by atoms with Crippen LogP contribution in [-0.2, 0) is 22.7 Å². The van der Waals surface area contributed by atoms with Gasteiger partial charge < -0.3 is 24.8 Å². The standard InChI is InChI=1S/C22H25N3O6/c1-29-16-7-4-14(5-8-16)12-23-20(26)11-17-21(27)25(22(28)24-17)13-15-6-9-18(30-2)19(10-15)31-3/h4-10,17H,11-13H2,1-3H3,(H,23,26)(H,24,28)/t17-/m0/s1. The maximum absolute atomic E-state index is 12.7. The Morgan fingerprint density at radius 1 is 0.968 bits per heavy atom. The van der Waals surface area contributed by atoms with Crippen LogP contribution in [0.3, 0.4) is 0 Å². The second-order valence-electron chi connectivity index (χ2n) is 6.94. The highest BCUT2D eigenvalue weighted by molar-refractivity contribution is 6.05. The van der Waals surface area contributed by atoms with Crippen LogP contribution in [0.15, 0.2) is 42.5 Å². The van der Waals surface area contributed by atoms with Crippen molar-refractivity contribution in [1.29, 1.82) is 0 Å². The summed E-state index contributed by atoms with van der Waals surface area (Å²) in [6, 6.07) is 11.0. The molecule has 0 saturated carbocycles. The van der Waals surface area contributed by atoms with Gasteiger partial charge in [0, 0.05) is 6.54 Å².